The quantitative estimate of drug-likeness (QED) is 0.295. The average molecular weight is 456 g/mol. The third kappa shape index (κ3) is 5.24. The second-order valence-electron chi connectivity index (χ2n) is 8.55. The molecule has 7 N–H and O–H groups in total. The molecule has 0 aromatic heterocycles. The van der Waals surface area contributed by atoms with E-state index in [1.165, 1.54) is 23.8 Å². The fourth-order valence-electron chi connectivity index (χ4n) is 4.02. The third-order valence-corrected chi connectivity index (χ3v) is 5.75. The van der Waals surface area contributed by atoms with Gasteiger partial charge in [0.25, 0.3) is 5.91 Å². The maximum absolute atomic E-state index is 12.8. The van der Waals surface area contributed by atoms with Crippen LogP contribution < -0.4 is 16.9 Å². The predicted octanol–water partition coefficient (Wildman–Crippen LogP) is 0.370. The van der Waals surface area contributed by atoms with Crippen LogP contribution in [0.4, 0.5) is 0 Å². The zero-order valence-corrected chi connectivity index (χ0v) is 18.6. The number of hydrogen-bond acceptors (Lipinski definition) is 7. The number of carbonyl (C=O) groups is 3. The Labute approximate surface area is 191 Å². The lowest BCUT2D eigenvalue weighted by atomic mass is 10.0. The molecule has 0 aliphatic carbocycles. The van der Waals surface area contributed by atoms with Crippen LogP contribution in [0.15, 0.2) is 54.4 Å². The average Bonchev–Trinajstić information content (AvgIpc) is 3.22. The number of likely N-dealkylation sites (tertiary alicyclic amines) is 1. The Morgan fingerprint density at radius 3 is 2.48 bits per heavy atom. The van der Waals surface area contributed by atoms with E-state index in [0.29, 0.717) is 5.56 Å². The number of aliphatic hydroxyl groups is 1. The molecule has 1 aliphatic heterocycles. The molecule has 10 nitrogen and oxygen atoms in total. The number of nitrogens with one attached hydrogen (secondary N) is 1. The Balaban J connectivity index is 1.68. The molecule has 1 fully saturated rings. The first kappa shape index (κ1) is 24.0. The van der Waals surface area contributed by atoms with Crippen LogP contribution in [0.2, 0.25) is 0 Å². The Morgan fingerprint density at radius 1 is 1.21 bits per heavy atom. The Hall–Kier alpha value is -3.63. The maximum atomic E-state index is 12.8. The Morgan fingerprint density at radius 2 is 1.88 bits per heavy atom. The molecule has 2 aromatic carbocycles. The van der Waals surface area contributed by atoms with Crippen LogP contribution in [0.1, 0.15) is 30.6 Å². The van der Waals surface area contributed by atoms with Crippen molar-refractivity contribution < 1.29 is 24.6 Å². The number of nitrogens with two attached hydrogens (primary N) is 2. The van der Waals surface area contributed by atoms with Gasteiger partial charge in [0, 0.05) is 24.7 Å². The number of nitrogens with zero attached hydrogens (tertiary/aromatic N) is 2. The number of carboxylic acids is 1. The lowest BCUT2D eigenvalue weighted by Crippen LogP contribution is -2.49. The summed E-state index contributed by atoms with van der Waals surface area (Å²) >= 11 is 0. The lowest BCUT2D eigenvalue weighted by molar-refractivity contribution is -0.147. The first-order chi connectivity index (χ1) is 15.5. The van der Waals surface area contributed by atoms with E-state index in [4.69, 9.17) is 11.6 Å². The second kappa shape index (κ2) is 9.47. The van der Waals surface area contributed by atoms with E-state index in [1.54, 1.807) is 12.1 Å². The summed E-state index contributed by atoms with van der Waals surface area (Å²) in [7, 11) is 0. The molecule has 1 heterocycles. The van der Waals surface area contributed by atoms with Gasteiger partial charge in [-0.2, -0.15) is 0 Å². The van der Waals surface area contributed by atoms with E-state index < -0.39 is 35.5 Å². The molecule has 0 bridgehead atoms. The van der Waals surface area contributed by atoms with Crippen molar-refractivity contribution in [2.75, 3.05) is 13.1 Å². The van der Waals surface area contributed by atoms with Gasteiger partial charge in [0.15, 0.2) is 0 Å². The SMILES string of the molecule is CC(C)(O)/C(=C/N)N(N)C1CC(C(=O)O)N(C(=O)CNC(=O)c2ccc3ccccc3c2)C1. The molecule has 10 heteroatoms. The summed E-state index contributed by atoms with van der Waals surface area (Å²) in [6, 6.07) is 11.1. The van der Waals surface area contributed by atoms with E-state index >= 15 is 0 Å². The molecule has 176 valence electrons. The molecule has 2 aromatic rings. The van der Waals surface area contributed by atoms with Gasteiger partial charge < -0.3 is 31.2 Å². The molecule has 2 amide bonds. The van der Waals surface area contributed by atoms with E-state index in [1.807, 2.05) is 30.3 Å². The van der Waals surface area contributed by atoms with Crippen LogP contribution in [-0.4, -0.2) is 68.7 Å². The van der Waals surface area contributed by atoms with Gasteiger partial charge in [-0.1, -0.05) is 30.3 Å². The number of hydrazine groups is 1. The second-order valence-corrected chi connectivity index (χ2v) is 8.55. The van der Waals surface area contributed by atoms with Crippen LogP contribution in [0.3, 0.4) is 0 Å². The molecule has 1 saturated heterocycles. The summed E-state index contributed by atoms with van der Waals surface area (Å²) in [6.07, 6.45) is 1.20. The van der Waals surface area contributed by atoms with Gasteiger partial charge in [-0.3, -0.25) is 9.59 Å². The molecule has 0 saturated carbocycles. The fraction of sp³-hybridized carbons (Fsp3) is 0.348. The van der Waals surface area contributed by atoms with Crippen molar-refractivity contribution >= 4 is 28.6 Å². The number of amides is 2. The highest BCUT2D eigenvalue weighted by Crippen LogP contribution is 2.27. The maximum Gasteiger partial charge on any atom is 0.326 e. The summed E-state index contributed by atoms with van der Waals surface area (Å²) in [4.78, 5) is 38.3. The first-order valence-corrected chi connectivity index (χ1v) is 10.5. The van der Waals surface area contributed by atoms with Crippen molar-refractivity contribution in [3.05, 3.63) is 59.9 Å². The van der Waals surface area contributed by atoms with Gasteiger partial charge in [0.05, 0.1) is 18.3 Å². The summed E-state index contributed by atoms with van der Waals surface area (Å²) in [6.45, 7) is 2.64. The number of fused-ring (bicyclic) bond motifs is 1. The summed E-state index contributed by atoms with van der Waals surface area (Å²) in [5.41, 5.74) is 4.84. The normalized spacial score (nSPS) is 18.9. The van der Waals surface area contributed by atoms with E-state index in [0.717, 1.165) is 17.0 Å². The summed E-state index contributed by atoms with van der Waals surface area (Å²) < 4.78 is 0. The number of carboxylic acid groups (broad SMARTS) is 1. The van der Waals surface area contributed by atoms with E-state index in [-0.39, 0.29) is 25.2 Å². The van der Waals surface area contributed by atoms with Crippen molar-refractivity contribution in [1.82, 2.24) is 15.2 Å². The van der Waals surface area contributed by atoms with Crippen LogP contribution in [0.25, 0.3) is 10.8 Å². The van der Waals surface area contributed by atoms with E-state index in [9.17, 15) is 24.6 Å². The molecule has 0 radical (unpaired) electrons. The van der Waals surface area contributed by atoms with Gasteiger partial charge in [0.1, 0.15) is 11.6 Å². The summed E-state index contributed by atoms with van der Waals surface area (Å²) in [5, 5.41) is 25.5. The predicted molar refractivity (Wildman–Crippen MR) is 122 cm³/mol. The largest absolute Gasteiger partial charge is 0.480 e. The van der Waals surface area contributed by atoms with Gasteiger partial charge in [-0.25, -0.2) is 10.6 Å². The van der Waals surface area contributed by atoms with Crippen molar-refractivity contribution in [2.24, 2.45) is 11.6 Å². The molecule has 2 unspecified atom stereocenters. The number of carbonyl (C=O) groups excluding carboxylic acids is 2. The third-order valence-electron chi connectivity index (χ3n) is 5.75. The van der Waals surface area contributed by atoms with Crippen molar-refractivity contribution in [1.29, 1.82) is 0 Å². The van der Waals surface area contributed by atoms with Crippen molar-refractivity contribution in [2.45, 2.75) is 38.0 Å². The van der Waals surface area contributed by atoms with Crippen LogP contribution in [0, 0.1) is 0 Å². The molecule has 0 spiro atoms. The topological polar surface area (TPSA) is 162 Å². The molecule has 3 rings (SSSR count). The zero-order chi connectivity index (χ0) is 24.3. The molecule has 33 heavy (non-hydrogen) atoms. The van der Waals surface area contributed by atoms with Gasteiger partial charge in [-0.05, 0) is 36.8 Å². The molecular weight excluding hydrogens is 426 g/mol. The Bertz CT molecular complexity index is 1090. The van der Waals surface area contributed by atoms with Gasteiger partial charge in [0.2, 0.25) is 5.91 Å². The lowest BCUT2D eigenvalue weighted by Gasteiger charge is -2.34. The molecular formula is C23H29N5O5. The van der Waals surface area contributed by atoms with Gasteiger partial charge in [-0.15, -0.1) is 0 Å². The first-order valence-electron chi connectivity index (χ1n) is 10.5. The van der Waals surface area contributed by atoms with Crippen LogP contribution in [-0.2, 0) is 9.59 Å². The van der Waals surface area contributed by atoms with Gasteiger partial charge >= 0.3 is 5.97 Å². The highest BCUT2D eigenvalue weighted by molar-refractivity contribution is 6.00. The smallest absolute Gasteiger partial charge is 0.326 e. The number of aliphatic carboxylic acids is 1. The standard InChI is InChI=1S/C23H29N5O5/c1-23(2,33)19(11-24)28(25)17-10-18(22(31)32)27(13-17)20(29)12-26-21(30)16-8-7-14-5-3-4-6-15(14)9-16/h3-9,11,17-18,33H,10,12-13,24-25H2,1-2H3,(H,26,30)(H,31,32)/b19-11-. The highest BCUT2D eigenvalue weighted by Gasteiger charge is 2.43. The number of benzene rings is 2. The zero-order valence-electron chi connectivity index (χ0n) is 18.6. The number of hydrogen-bond donors (Lipinski definition) is 5. The molecule has 1 aliphatic rings. The van der Waals surface area contributed by atoms with Crippen molar-refractivity contribution in [3.63, 3.8) is 0 Å². The summed E-state index contributed by atoms with van der Waals surface area (Å²) in [5.74, 6) is 3.95. The highest BCUT2D eigenvalue weighted by atomic mass is 16.4. The monoisotopic (exact) mass is 455 g/mol. The van der Waals surface area contributed by atoms with Crippen LogP contribution in [0.5, 0.6) is 0 Å². The van der Waals surface area contributed by atoms with E-state index in [2.05, 4.69) is 5.32 Å². The minimum absolute atomic E-state index is 0.00552. The number of rotatable bonds is 7. The Kier molecular flexibility index (Phi) is 6.89. The van der Waals surface area contributed by atoms with Crippen LogP contribution >= 0.6 is 0 Å². The minimum Gasteiger partial charge on any atom is -0.480 e. The molecule has 2 atom stereocenters. The fourth-order valence-corrected chi connectivity index (χ4v) is 4.02. The van der Waals surface area contributed by atoms with Crippen molar-refractivity contribution in [3.8, 4) is 0 Å². The minimum atomic E-state index is -1.35.